The van der Waals surface area contributed by atoms with Crippen molar-refractivity contribution in [2.45, 2.75) is 0 Å². The summed E-state index contributed by atoms with van der Waals surface area (Å²) in [5.41, 5.74) is 1.60. The van der Waals surface area contributed by atoms with Crippen molar-refractivity contribution in [2.24, 2.45) is 0 Å². The van der Waals surface area contributed by atoms with Gasteiger partial charge in [-0.3, -0.25) is 9.59 Å². The van der Waals surface area contributed by atoms with Crippen molar-refractivity contribution in [2.75, 3.05) is 11.9 Å². The van der Waals surface area contributed by atoms with E-state index < -0.39 is 0 Å². The van der Waals surface area contributed by atoms with Gasteiger partial charge in [0.25, 0.3) is 5.91 Å². The van der Waals surface area contributed by atoms with Crippen LogP contribution in [0.25, 0.3) is 6.08 Å². The maximum absolute atomic E-state index is 12.2. The Balaban J connectivity index is 1.80. The topological polar surface area (TPSA) is 75.6 Å². The number of hydrogen-bond acceptors (Lipinski definition) is 4. The highest BCUT2D eigenvalue weighted by Crippen LogP contribution is 2.29. The lowest BCUT2D eigenvalue weighted by Gasteiger charge is -2.17. The van der Waals surface area contributed by atoms with Crippen molar-refractivity contribution in [3.05, 3.63) is 58.6 Å². The van der Waals surface area contributed by atoms with Gasteiger partial charge in [0.2, 0.25) is 0 Å². The van der Waals surface area contributed by atoms with Crippen LogP contribution < -0.4 is 10.1 Å². The van der Waals surface area contributed by atoms with Gasteiger partial charge in [0, 0.05) is 5.56 Å². The minimum absolute atomic E-state index is 0.0134. The highest BCUT2D eigenvalue weighted by Gasteiger charge is 2.17. The Morgan fingerprint density at radius 2 is 2.09 bits per heavy atom. The zero-order valence-electron chi connectivity index (χ0n) is 11.9. The lowest BCUT2D eigenvalue weighted by Crippen LogP contribution is -2.25. The fourth-order valence-corrected chi connectivity index (χ4v) is 2.32. The number of carbonyl (C=O) groups is 2. The average molecular weight is 330 g/mol. The molecule has 3 rings (SSSR count). The van der Waals surface area contributed by atoms with Gasteiger partial charge < -0.3 is 15.2 Å². The van der Waals surface area contributed by atoms with E-state index in [1.807, 2.05) is 0 Å². The van der Waals surface area contributed by atoms with Crippen LogP contribution in [0.1, 0.15) is 15.9 Å². The third-order valence-corrected chi connectivity index (χ3v) is 3.60. The summed E-state index contributed by atoms with van der Waals surface area (Å²) < 4.78 is 5.24. The van der Waals surface area contributed by atoms with Gasteiger partial charge in [-0.25, -0.2) is 0 Å². The molecule has 0 aliphatic carbocycles. The molecule has 116 valence electrons. The maximum Gasteiger partial charge on any atom is 0.262 e. The highest BCUT2D eigenvalue weighted by atomic mass is 35.5. The van der Waals surface area contributed by atoms with Gasteiger partial charge in [-0.1, -0.05) is 23.7 Å². The molecule has 2 aromatic rings. The van der Waals surface area contributed by atoms with Gasteiger partial charge in [-0.15, -0.1) is 0 Å². The molecule has 2 N–H and O–H groups in total. The molecular weight excluding hydrogens is 318 g/mol. The number of amides is 1. The number of ketones is 1. The van der Waals surface area contributed by atoms with Crippen LogP contribution in [-0.2, 0) is 4.79 Å². The lowest BCUT2D eigenvalue weighted by atomic mass is 10.1. The molecule has 1 heterocycles. The fraction of sp³-hybridized carbons (Fsp3) is 0.0588. The van der Waals surface area contributed by atoms with E-state index in [9.17, 15) is 14.7 Å². The number of benzene rings is 2. The smallest absolute Gasteiger partial charge is 0.262 e. The molecule has 0 unspecified atom stereocenters. The molecule has 0 radical (unpaired) electrons. The Bertz CT molecular complexity index is 829. The summed E-state index contributed by atoms with van der Waals surface area (Å²) >= 11 is 5.82. The molecule has 0 saturated carbocycles. The largest absolute Gasteiger partial charge is 0.506 e. The van der Waals surface area contributed by atoms with Crippen molar-refractivity contribution < 1.29 is 19.4 Å². The summed E-state index contributed by atoms with van der Waals surface area (Å²) in [5.74, 6) is 0.0456. The molecule has 0 atom stereocenters. The number of phenols is 1. The van der Waals surface area contributed by atoms with Crippen LogP contribution in [-0.4, -0.2) is 23.4 Å². The third kappa shape index (κ3) is 3.35. The number of anilines is 1. The van der Waals surface area contributed by atoms with Crippen LogP contribution in [0.15, 0.2) is 42.5 Å². The summed E-state index contributed by atoms with van der Waals surface area (Å²) in [7, 11) is 0. The average Bonchev–Trinajstić information content (AvgIpc) is 2.55. The van der Waals surface area contributed by atoms with Gasteiger partial charge in [0.15, 0.2) is 12.4 Å². The maximum atomic E-state index is 12.2. The highest BCUT2D eigenvalue weighted by molar-refractivity contribution is 6.32. The molecule has 0 bridgehead atoms. The molecule has 1 amide bonds. The quantitative estimate of drug-likeness (QED) is 0.669. The Morgan fingerprint density at radius 3 is 2.87 bits per heavy atom. The Kier molecular flexibility index (Phi) is 4.04. The normalized spacial score (nSPS) is 13.3. The zero-order valence-corrected chi connectivity index (χ0v) is 12.6. The molecule has 6 heteroatoms. The fourth-order valence-electron chi connectivity index (χ4n) is 2.13. The summed E-state index contributed by atoms with van der Waals surface area (Å²) in [6, 6.07) is 9.51. The van der Waals surface area contributed by atoms with Gasteiger partial charge >= 0.3 is 0 Å². The van der Waals surface area contributed by atoms with Crippen molar-refractivity contribution in [1.29, 1.82) is 0 Å². The second kappa shape index (κ2) is 6.14. The van der Waals surface area contributed by atoms with Gasteiger partial charge in [-0.05, 0) is 42.0 Å². The number of carbonyl (C=O) groups excluding carboxylic acids is 2. The van der Waals surface area contributed by atoms with E-state index in [4.69, 9.17) is 16.3 Å². The minimum Gasteiger partial charge on any atom is -0.506 e. The number of nitrogens with one attached hydrogen (secondary N) is 1. The molecule has 23 heavy (non-hydrogen) atoms. The van der Waals surface area contributed by atoms with Crippen molar-refractivity contribution in [3.8, 4) is 11.5 Å². The molecule has 5 nitrogen and oxygen atoms in total. The van der Waals surface area contributed by atoms with Crippen LogP contribution in [0.2, 0.25) is 5.02 Å². The third-order valence-electron chi connectivity index (χ3n) is 3.30. The monoisotopic (exact) mass is 329 g/mol. The minimum atomic E-state index is -0.253. The summed E-state index contributed by atoms with van der Waals surface area (Å²) in [4.78, 5) is 23.5. The van der Waals surface area contributed by atoms with E-state index in [-0.39, 0.29) is 29.1 Å². The van der Waals surface area contributed by atoms with E-state index in [2.05, 4.69) is 5.32 Å². The number of rotatable bonds is 3. The Hall–Kier alpha value is -2.79. The standard InChI is InChI=1S/C17H12ClNO4/c18-12-7-10(2-5-15(12)21)1-4-14(20)11-3-6-16-13(8-11)19-17(22)9-23-16/h1-8,21H,9H2,(H,19,22)/b4-1+. The molecule has 0 aromatic heterocycles. The van der Waals surface area contributed by atoms with Gasteiger partial charge in [-0.2, -0.15) is 0 Å². The molecule has 1 aliphatic heterocycles. The zero-order chi connectivity index (χ0) is 16.4. The Morgan fingerprint density at radius 1 is 1.26 bits per heavy atom. The molecule has 1 aliphatic rings. The molecule has 0 saturated heterocycles. The second-order valence-electron chi connectivity index (χ2n) is 4.96. The summed E-state index contributed by atoms with van der Waals surface area (Å²) in [6.07, 6.45) is 3.00. The number of halogens is 1. The molecule has 2 aromatic carbocycles. The first-order valence-corrected chi connectivity index (χ1v) is 7.18. The molecule has 0 spiro atoms. The SMILES string of the molecule is O=C1COc2ccc(C(=O)/C=C/c3ccc(O)c(Cl)c3)cc2N1. The summed E-state index contributed by atoms with van der Waals surface area (Å²) in [6.45, 7) is -0.0260. The van der Waals surface area contributed by atoms with Gasteiger partial charge in [0.05, 0.1) is 10.7 Å². The predicted molar refractivity (Wildman–Crippen MR) is 87.0 cm³/mol. The van der Waals surface area contributed by atoms with E-state index in [0.29, 0.717) is 22.6 Å². The van der Waals surface area contributed by atoms with Crippen LogP contribution >= 0.6 is 11.6 Å². The first kappa shape index (κ1) is 15.1. The predicted octanol–water partition coefficient (Wildman–Crippen LogP) is 3.27. The molecule has 0 fully saturated rings. The summed E-state index contributed by atoms with van der Waals surface area (Å²) in [5, 5.41) is 12.2. The van der Waals surface area contributed by atoms with Crippen LogP contribution in [0, 0.1) is 0 Å². The second-order valence-corrected chi connectivity index (χ2v) is 5.36. The van der Waals surface area contributed by atoms with Gasteiger partial charge in [0.1, 0.15) is 11.5 Å². The number of ether oxygens (including phenoxy) is 1. The van der Waals surface area contributed by atoms with Crippen LogP contribution in [0.3, 0.4) is 0 Å². The number of allylic oxidation sites excluding steroid dienone is 1. The van der Waals surface area contributed by atoms with Crippen molar-refractivity contribution in [3.63, 3.8) is 0 Å². The first-order chi connectivity index (χ1) is 11.0. The number of hydrogen-bond donors (Lipinski definition) is 2. The van der Waals surface area contributed by atoms with Crippen molar-refractivity contribution in [1.82, 2.24) is 0 Å². The van der Waals surface area contributed by atoms with Crippen LogP contribution in [0.5, 0.6) is 11.5 Å². The molecular formula is C17H12ClNO4. The lowest BCUT2D eigenvalue weighted by molar-refractivity contribution is -0.118. The number of phenolic OH excluding ortho intramolecular Hbond substituents is 1. The number of aromatic hydroxyl groups is 1. The van der Waals surface area contributed by atoms with E-state index >= 15 is 0 Å². The number of fused-ring (bicyclic) bond motifs is 1. The van der Waals surface area contributed by atoms with E-state index in [1.54, 1.807) is 36.4 Å². The van der Waals surface area contributed by atoms with E-state index in [0.717, 1.165) is 0 Å². The Labute approximate surface area is 137 Å². The van der Waals surface area contributed by atoms with Crippen LogP contribution in [0.4, 0.5) is 5.69 Å². The first-order valence-electron chi connectivity index (χ1n) is 6.80. The van der Waals surface area contributed by atoms with E-state index in [1.165, 1.54) is 12.1 Å². The van der Waals surface area contributed by atoms with Crippen molar-refractivity contribution >= 4 is 35.1 Å².